The molecule has 4 rings (SSSR count). The van der Waals surface area contributed by atoms with Crippen LogP contribution in [0.25, 0.3) is 10.9 Å². The number of benzene rings is 1. The quantitative estimate of drug-likeness (QED) is 0.912. The van der Waals surface area contributed by atoms with Gasteiger partial charge in [-0.1, -0.05) is 6.07 Å². The smallest absolute Gasteiger partial charge is 0.234 e. The average Bonchev–Trinajstić information content (AvgIpc) is 3.22. The van der Waals surface area contributed by atoms with Crippen LogP contribution >= 0.6 is 0 Å². The van der Waals surface area contributed by atoms with Gasteiger partial charge in [-0.05, 0) is 62.3 Å². The fraction of sp³-hybridized carbons (Fsp3) is 0.526. The van der Waals surface area contributed by atoms with Crippen LogP contribution in [0.5, 0.6) is 0 Å². The number of nitrogens with zero attached hydrogens (tertiary/aromatic N) is 1. The summed E-state index contributed by atoms with van der Waals surface area (Å²) in [6.45, 7) is 6.53. The Morgan fingerprint density at radius 1 is 1.35 bits per heavy atom. The number of aryl methyl sites for hydroxylation is 2. The van der Waals surface area contributed by atoms with Crippen LogP contribution in [0.15, 0.2) is 18.2 Å². The lowest BCUT2D eigenvalue weighted by Gasteiger charge is -2.25. The predicted molar refractivity (Wildman–Crippen MR) is 92.3 cm³/mol. The first-order chi connectivity index (χ1) is 11.1. The molecule has 1 amide bonds. The van der Waals surface area contributed by atoms with Gasteiger partial charge in [0.25, 0.3) is 0 Å². The van der Waals surface area contributed by atoms with Gasteiger partial charge in [0.05, 0.1) is 6.54 Å². The number of aromatic nitrogens is 1. The number of carbonyl (C=O) groups excluding carboxylic acids is 1. The van der Waals surface area contributed by atoms with E-state index in [0.717, 1.165) is 18.0 Å². The van der Waals surface area contributed by atoms with Crippen LogP contribution in [0.4, 0.5) is 0 Å². The van der Waals surface area contributed by atoms with Gasteiger partial charge in [-0.2, -0.15) is 0 Å². The number of hydrogen-bond donors (Lipinski definition) is 2. The van der Waals surface area contributed by atoms with E-state index in [1.807, 2.05) is 0 Å². The Bertz CT molecular complexity index is 748. The first-order valence-electron chi connectivity index (χ1n) is 8.68. The van der Waals surface area contributed by atoms with Crippen molar-refractivity contribution in [3.05, 3.63) is 35.0 Å². The van der Waals surface area contributed by atoms with Crippen molar-refractivity contribution in [2.75, 3.05) is 13.1 Å². The number of rotatable bonds is 4. The molecule has 0 radical (unpaired) electrons. The zero-order valence-electron chi connectivity index (χ0n) is 14.0. The van der Waals surface area contributed by atoms with E-state index in [-0.39, 0.29) is 5.91 Å². The van der Waals surface area contributed by atoms with Crippen LogP contribution < -0.4 is 5.32 Å². The van der Waals surface area contributed by atoms with E-state index in [0.29, 0.717) is 19.1 Å². The van der Waals surface area contributed by atoms with Gasteiger partial charge in [0.15, 0.2) is 0 Å². The van der Waals surface area contributed by atoms with E-state index in [1.54, 1.807) is 0 Å². The molecule has 0 spiro atoms. The normalized spacial score (nSPS) is 23.7. The summed E-state index contributed by atoms with van der Waals surface area (Å²) in [6, 6.07) is 7.05. The molecular formula is C19H25N3O. The number of hydrogen-bond acceptors (Lipinski definition) is 2. The number of aromatic amines is 1. The Labute approximate surface area is 137 Å². The van der Waals surface area contributed by atoms with Crippen molar-refractivity contribution < 1.29 is 4.79 Å². The van der Waals surface area contributed by atoms with Crippen LogP contribution in [0.1, 0.15) is 36.1 Å². The molecule has 122 valence electrons. The molecule has 2 aliphatic rings. The maximum Gasteiger partial charge on any atom is 0.234 e. The van der Waals surface area contributed by atoms with E-state index in [1.165, 1.54) is 41.4 Å². The first-order valence-corrected chi connectivity index (χ1v) is 8.68. The third-order valence-corrected chi connectivity index (χ3v) is 5.73. The number of amides is 1. The predicted octanol–water partition coefficient (Wildman–Crippen LogP) is 2.89. The molecule has 1 aromatic carbocycles. The van der Waals surface area contributed by atoms with Gasteiger partial charge < -0.3 is 10.3 Å². The fourth-order valence-electron chi connectivity index (χ4n) is 4.28. The highest BCUT2D eigenvalue weighted by molar-refractivity contribution is 5.85. The summed E-state index contributed by atoms with van der Waals surface area (Å²) in [5, 5.41) is 4.34. The molecule has 1 aliphatic heterocycles. The van der Waals surface area contributed by atoms with Gasteiger partial charge in [-0.15, -0.1) is 0 Å². The number of likely N-dealkylation sites (tertiary alicyclic amines) is 1. The van der Waals surface area contributed by atoms with Crippen molar-refractivity contribution in [1.29, 1.82) is 0 Å². The Morgan fingerprint density at radius 3 is 2.96 bits per heavy atom. The Kier molecular flexibility index (Phi) is 3.64. The van der Waals surface area contributed by atoms with Gasteiger partial charge in [-0.25, -0.2) is 0 Å². The minimum absolute atomic E-state index is 0.152. The topological polar surface area (TPSA) is 48.1 Å². The lowest BCUT2D eigenvalue weighted by atomic mass is 10.1. The molecule has 4 nitrogen and oxygen atoms in total. The molecule has 2 aromatic rings. The molecule has 2 atom stereocenters. The zero-order chi connectivity index (χ0) is 16.0. The minimum atomic E-state index is 0.152. The molecule has 2 bridgehead atoms. The van der Waals surface area contributed by atoms with E-state index < -0.39 is 0 Å². The second-order valence-corrected chi connectivity index (χ2v) is 7.29. The number of nitrogens with one attached hydrogen (secondary N) is 2. The van der Waals surface area contributed by atoms with Crippen molar-refractivity contribution in [3.63, 3.8) is 0 Å². The molecule has 23 heavy (non-hydrogen) atoms. The second kappa shape index (κ2) is 5.68. The minimum Gasteiger partial charge on any atom is -0.358 e. The summed E-state index contributed by atoms with van der Waals surface area (Å²) in [5.74, 6) is 0.995. The van der Waals surface area contributed by atoms with Crippen molar-refractivity contribution >= 4 is 16.8 Å². The van der Waals surface area contributed by atoms with Gasteiger partial charge >= 0.3 is 0 Å². The average molecular weight is 311 g/mol. The maximum atomic E-state index is 12.2. The molecule has 1 saturated heterocycles. The largest absolute Gasteiger partial charge is 0.358 e. The maximum absolute atomic E-state index is 12.2. The highest BCUT2D eigenvalue weighted by Gasteiger charge is 2.38. The van der Waals surface area contributed by atoms with E-state index in [2.05, 4.69) is 47.2 Å². The number of carbonyl (C=O) groups is 1. The van der Waals surface area contributed by atoms with Crippen molar-refractivity contribution in [2.45, 2.75) is 45.7 Å². The van der Waals surface area contributed by atoms with E-state index >= 15 is 0 Å². The fourth-order valence-corrected chi connectivity index (χ4v) is 4.28. The van der Waals surface area contributed by atoms with Crippen LogP contribution in [0, 0.1) is 19.8 Å². The number of piperidine rings is 1. The van der Waals surface area contributed by atoms with Gasteiger partial charge in [0, 0.05) is 35.7 Å². The van der Waals surface area contributed by atoms with Crippen molar-refractivity contribution in [1.82, 2.24) is 15.2 Å². The second-order valence-electron chi connectivity index (χ2n) is 7.29. The molecule has 1 aliphatic carbocycles. The molecule has 0 unspecified atom stereocenters. The van der Waals surface area contributed by atoms with E-state index in [9.17, 15) is 4.79 Å². The highest BCUT2D eigenvalue weighted by Crippen LogP contribution is 2.36. The van der Waals surface area contributed by atoms with Crippen molar-refractivity contribution in [3.8, 4) is 0 Å². The molecular weight excluding hydrogens is 286 g/mol. The molecule has 1 aromatic heterocycles. The van der Waals surface area contributed by atoms with Gasteiger partial charge in [0.1, 0.15) is 0 Å². The summed E-state index contributed by atoms with van der Waals surface area (Å²) in [5.41, 5.74) is 4.84. The lowest BCUT2D eigenvalue weighted by molar-refractivity contribution is -0.122. The van der Waals surface area contributed by atoms with Gasteiger partial charge in [0.2, 0.25) is 5.91 Å². The molecule has 4 heteroatoms. The third-order valence-electron chi connectivity index (χ3n) is 5.73. The highest BCUT2D eigenvalue weighted by atomic mass is 16.2. The lowest BCUT2D eigenvalue weighted by Crippen LogP contribution is -2.40. The van der Waals surface area contributed by atoms with E-state index in [4.69, 9.17) is 0 Å². The number of H-pyrrole nitrogens is 1. The Hall–Kier alpha value is -1.81. The third kappa shape index (κ3) is 2.76. The van der Waals surface area contributed by atoms with Crippen LogP contribution in [-0.2, 0) is 11.3 Å². The molecule has 2 heterocycles. The SMILES string of the molecule is Cc1[nH]c2ccc(CNC(=O)CN3C[C@@H]4CC[C@H]3C4)cc2c1C. The molecule has 2 N–H and O–H groups in total. The summed E-state index contributed by atoms with van der Waals surface area (Å²) < 4.78 is 0. The summed E-state index contributed by atoms with van der Waals surface area (Å²) in [7, 11) is 0. The zero-order valence-corrected chi connectivity index (χ0v) is 14.0. The van der Waals surface area contributed by atoms with Crippen LogP contribution in [0.2, 0.25) is 0 Å². The molecule has 1 saturated carbocycles. The standard InChI is InChI=1S/C19H25N3O/c1-12-13(2)21-18-6-4-14(8-17(12)18)9-20-19(23)11-22-10-15-3-5-16(22)7-15/h4,6,8,15-16,21H,3,5,7,9-11H2,1-2H3,(H,20,23)/t15-,16+/m1/s1. The summed E-state index contributed by atoms with van der Waals surface area (Å²) in [4.78, 5) is 18.0. The van der Waals surface area contributed by atoms with Crippen LogP contribution in [-0.4, -0.2) is 34.9 Å². The monoisotopic (exact) mass is 311 g/mol. The van der Waals surface area contributed by atoms with Gasteiger partial charge in [-0.3, -0.25) is 9.69 Å². The first kappa shape index (κ1) is 14.8. The summed E-state index contributed by atoms with van der Waals surface area (Å²) >= 11 is 0. The van der Waals surface area contributed by atoms with Crippen LogP contribution in [0.3, 0.4) is 0 Å². The Balaban J connectivity index is 1.37. The number of fused-ring (bicyclic) bond motifs is 3. The Morgan fingerprint density at radius 2 is 2.22 bits per heavy atom. The van der Waals surface area contributed by atoms with Crippen molar-refractivity contribution in [2.24, 2.45) is 5.92 Å². The molecule has 2 fully saturated rings. The summed E-state index contributed by atoms with van der Waals surface area (Å²) in [6.07, 6.45) is 3.94.